The lowest BCUT2D eigenvalue weighted by Crippen LogP contribution is -2.54. The maximum Gasteiger partial charge on any atom is 0.306 e. The van der Waals surface area contributed by atoms with Crippen LogP contribution in [-0.4, -0.2) is 74.7 Å². The van der Waals surface area contributed by atoms with Crippen LogP contribution in [0.15, 0.2) is 41.4 Å². The molecule has 0 spiro atoms. The molecule has 0 saturated heterocycles. The minimum atomic E-state index is -1.41. The van der Waals surface area contributed by atoms with Crippen LogP contribution < -0.4 is 29.8 Å². The highest BCUT2D eigenvalue weighted by Gasteiger charge is 2.50. The summed E-state index contributed by atoms with van der Waals surface area (Å²) in [5.41, 5.74) is 5.04. The fraction of sp³-hybridized carbons (Fsp3) is 0.516. The van der Waals surface area contributed by atoms with Crippen molar-refractivity contribution >= 4 is 17.8 Å². The zero-order chi connectivity index (χ0) is 31.6. The first-order valence-electron chi connectivity index (χ1n) is 14.1. The Kier molecular flexibility index (Phi) is 11.6. The number of nitrogens with one attached hydrogen (secondary N) is 2. The lowest BCUT2D eigenvalue weighted by molar-refractivity contribution is -0.155. The number of esters is 1. The number of hydrogen-bond donors (Lipinski definition) is 3. The second-order valence-electron chi connectivity index (χ2n) is 11.0. The maximum absolute atomic E-state index is 13.8. The van der Waals surface area contributed by atoms with Gasteiger partial charge in [0.25, 0.3) is 5.91 Å². The molecule has 1 aliphatic heterocycles. The SMILES string of the molecule is COc1cc(CNNC(=O)[C@@]2(CCC(=O)OC(C)(C)C)N=C(c3ccc(OCCCO)cc3)O[C@H]2C)cc(OC)c1OC. The summed E-state index contributed by atoms with van der Waals surface area (Å²) in [5.74, 6) is 1.43. The highest BCUT2D eigenvalue weighted by molar-refractivity contribution is 6.00. The van der Waals surface area contributed by atoms with Gasteiger partial charge in [0.1, 0.15) is 17.5 Å². The van der Waals surface area contributed by atoms with Crippen LogP contribution in [0.4, 0.5) is 0 Å². The summed E-state index contributed by atoms with van der Waals surface area (Å²) in [4.78, 5) is 31.2. The number of ether oxygens (including phenoxy) is 6. The van der Waals surface area contributed by atoms with Gasteiger partial charge in [-0.1, -0.05) is 0 Å². The topological polar surface area (TPSA) is 146 Å². The van der Waals surface area contributed by atoms with E-state index < -0.39 is 29.1 Å². The Morgan fingerprint density at radius 2 is 1.70 bits per heavy atom. The molecule has 1 aliphatic rings. The van der Waals surface area contributed by atoms with E-state index in [0.717, 1.165) is 5.56 Å². The van der Waals surface area contributed by atoms with Gasteiger partial charge in [0.05, 0.1) is 27.9 Å². The van der Waals surface area contributed by atoms with Gasteiger partial charge in [0, 0.05) is 31.6 Å². The van der Waals surface area contributed by atoms with Crippen LogP contribution in [0, 0.1) is 0 Å². The fourth-order valence-corrected chi connectivity index (χ4v) is 4.51. The van der Waals surface area contributed by atoms with Gasteiger partial charge in [0.15, 0.2) is 17.0 Å². The standard InChI is InChI=1S/C31H43N3O9/c1-20-31(14-13-26(36)43-30(2,3)4,33-28(42-20)22-9-11-23(12-10-22)41-16-8-15-35)29(37)34-32-19-21-17-24(38-5)27(40-7)25(18-21)39-6/h9-12,17-18,20,32,35H,8,13-16,19H2,1-7H3,(H,34,37)/t20-,31-/m0/s1. The van der Waals surface area contributed by atoms with Crippen LogP contribution in [0.2, 0.25) is 0 Å². The third kappa shape index (κ3) is 8.74. The molecule has 236 valence electrons. The minimum absolute atomic E-state index is 0.0420. The molecule has 12 nitrogen and oxygen atoms in total. The summed E-state index contributed by atoms with van der Waals surface area (Å²) < 4.78 is 33.4. The molecule has 0 radical (unpaired) electrons. The molecule has 3 rings (SSSR count). The van der Waals surface area contributed by atoms with E-state index >= 15 is 0 Å². The molecule has 0 saturated carbocycles. The maximum atomic E-state index is 13.8. The Morgan fingerprint density at radius 3 is 2.26 bits per heavy atom. The molecule has 2 aromatic carbocycles. The summed E-state index contributed by atoms with van der Waals surface area (Å²) in [6, 6.07) is 10.6. The van der Waals surface area contributed by atoms with E-state index in [4.69, 9.17) is 38.5 Å². The number of carbonyl (C=O) groups excluding carboxylic acids is 2. The molecule has 0 aromatic heterocycles. The van der Waals surface area contributed by atoms with E-state index in [2.05, 4.69) is 10.9 Å². The number of methoxy groups -OCH3 is 3. The summed E-state index contributed by atoms with van der Waals surface area (Å²) in [5, 5.41) is 8.97. The molecular weight excluding hydrogens is 558 g/mol. The van der Waals surface area contributed by atoms with Gasteiger partial charge >= 0.3 is 5.97 Å². The first kappa shape index (κ1) is 33.5. The van der Waals surface area contributed by atoms with Crippen molar-refractivity contribution in [2.45, 2.75) is 70.7 Å². The summed E-state index contributed by atoms with van der Waals surface area (Å²) in [6.07, 6.45) is -0.141. The molecule has 1 amide bonds. The van der Waals surface area contributed by atoms with Gasteiger partial charge < -0.3 is 33.5 Å². The van der Waals surface area contributed by atoms with Crippen LogP contribution >= 0.6 is 0 Å². The normalized spacial score (nSPS) is 17.9. The zero-order valence-electron chi connectivity index (χ0n) is 25.9. The molecule has 1 heterocycles. The average Bonchev–Trinajstić information content (AvgIpc) is 3.32. The Morgan fingerprint density at radius 1 is 1.05 bits per heavy atom. The summed E-state index contributed by atoms with van der Waals surface area (Å²) >= 11 is 0. The molecule has 43 heavy (non-hydrogen) atoms. The predicted octanol–water partition coefficient (Wildman–Crippen LogP) is 3.32. The van der Waals surface area contributed by atoms with Crippen molar-refractivity contribution in [2.24, 2.45) is 4.99 Å². The number of aliphatic hydroxyl groups excluding tert-OH is 1. The number of aliphatic hydroxyl groups is 1. The van der Waals surface area contributed by atoms with Crippen LogP contribution in [-0.2, 0) is 25.6 Å². The van der Waals surface area contributed by atoms with E-state index in [0.29, 0.717) is 41.6 Å². The minimum Gasteiger partial charge on any atom is -0.494 e. The monoisotopic (exact) mass is 601 g/mol. The number of aliphatic imine (C=N–C) groups is 1. The van der Waals surface area contributed by atoms with Gasteiger partial charge in [-0.25, -0.2) is 10.4 Å². The van der Waals surface area contributed by atoms with Gasteiger partial charge in [-0.2, -0.15) is 0 Å². The lowest BCUT2D eigenvalue weighted by Gasteiger charge is -2.28. The van der Waals surface area contributed by atoms with E-state index in [1.807, 2.05) is 0 Å². The molecule has 12 heteroatoms. The number of hydrogen-bond acceptors (Lipinski definition) is 11. The Labute approximate surface area is 252 Å². The first-order valence-corrected chi connectivity index (χ1v) is 14.1. The highest BCUT2D eigenvalue weighted by Crippen LogP contribution is 2.38. The van der Waals surface area contributed by atoms with Crippen LogP contribution in [0.25, 0.3) is 0 Å². The zero-order valence-corrected chi connectivity index (χ0v) is 25.9. The van der Waals surface area contributed by atoms with Gasteiger partial charge in [-0.05, 0) is 76.1 Å². The second-order valence-corrected chi connectivity index (χ2v) is 11.0. The van der Waals surface area contributed by atoms with Gasteiger partial charge in [0.2, 0.25) is 11.6 Å². The molecule has 3 N–H and O–H groups in total. The van der Waals surface area contributed by atoms with Crippen LogP contribution in [0.3, 0.4) is 0 Å². The largest absolute Gasteiger partial charge is 0.494 e. The Bertz CT molecular complexity index is 1250. The second kappa shape index (κ2) is 14.9. The van der Waals surface area contributed by atoms with Crippen molar-refractivity contribution in [3.8, 4) is 23.0 Å². The highest BCUT2D eigenvalue weighted by atomic mass is 16.6. The number of nitrogens with zero attached hydrogens (tertiary/aromatic N) is 1. The molecular formula is C31H43N3O9. The smallest absolute Gasteiger partial charge is 0.306 e. The number of rotatable bonds is 15. The molecule has 0 fully saturated rings. The predicted molar refractivity (Wildman–Crippen MR) is 160 cm³/mol. The van der Waals surface area contributed by atoms with Crippen LogP contribution in [0.1, 0.15) is 58.1 Å². The third-order valence-electron chi connectivity index (χ3n) is 6.68. The number of amides is 1. The first-order chi connectivity index (χ1) is 20.5. The van der Waals surface area contributed by atoms with E-state index in [1.54, 1.807) is 64.1 Å². The molecule has 0 unspecified atom stereocenters. The van der Waals surface area contributed by atoms with Gasteiger partial charge in [-0.15, -0.1) is 0 Å². The fourth-order valence-electron chi connectivity index (χ4n) is 4.51. The van der Waals surface area contributed by atoms with Crippen molar-refractivity contribution in [1.82, 2.24) is 10.9 Å². The van der Waals surface area contributed by atoms with Crippen molar-refractivity contribution in [3.63, 3.8) is 0 Å². The number of carbonyl (C=O) groups is 2. The van der Waals surface area contributed by atoms with E-state index in [1.165, 1.54) is 21.3 Å². The van der Waals surface area contributed by atoms with Crippen molar-refractivity contribution < 1.29 is 43.1 Å². The summed E-state index contributed by atoms with van der Waals surface area (Å²) in [7, 11) is 4.58. The van der Waals surface area contributed by atoms with Crippen molar-refractivity contribution in [2.75, 3.05) is 34.5 Å². The van der Waals surface area contributed by atoms with Gasteiger partial charge in [-0.3, -0.25) is 15.0 Å². The third-order valence-corrected chi connectivity index (χ3v) is 6.68. The van der Waals surface area contributed by atoms with Crippen molar-refractivity contribution in [1.29, 1.82) is 0 Å². The molecule has 0 aliphatic carbocycles. The van der Waals surface area contributed by atoms with E-state index in [-0.39, 0.29) is 31.9 Å². The molecule has 2 aromatic rings. The van der Waals surface area contributed by atoms with Crippen molar-refractivity contribution in [3.05, 3.63) is 47.5 Å². The Balaban J connectivity index is 1.81. The molecule has 0 bridgehead atoms. The summed E-state index contributed by atoms with van der Waals surface area (Å²) in [6.45, 7) is 7.78. The average molecular weight is 602 g/mol. The quantitative estimate of drug-likeness (QED) is 0.158. The Hall–Kier alpha value is -4.03. The lowest BCUT2D eigenvalue weighted by atomic mass is 9.88. The van der Waals surface area contributed by atoms with Crippen LogP contribution in [0.5, 0.6) is 23.0 Å². The number of benzene rings is 2. The number of hydrazine groups is 1. The van der Waals surface area contributed by atoms with E-state index in [9.17, 15) is 9.59 Å². The molecule has 2 atom stereocenters.